The fraction of sp³-hybridized carbons (Fsp3) is 0.333. The van der Waals surface area contributed by atoms with E-state index in [1.54, 1.807) is 0 Å². The fourth-order valence-electron chi connectivity index (χ4n) is 1.18. The number of azide groups is 1. The van der Waals surface area contributed by atoms with Gasteiger partial charge in [-0.25, -0.2) is 12.7 Å². The van der Waals surface area contributed by atoms with Crippen molar-refractivity contribution in [1.29, 1.82) is 0 Å². The van der Waals surface area contributed by atoms with Crippen molar-refractivity contribution < 1.29 is 13.2 Å². The highest BCUT2D eigenvalue weighted by molar-refractivity contribution is 7.89. The second kappa shape index (κ2) is 5.05. The summed E-state index contributed by atoms with van der Waals surface area (Å²) in [5, 5.41) is 3.36. The summed E-state index contributed by atoms with van der Waals surface area (Å²) < 4.78 is 30.0. The summed E-state index contributed by atoms with van der Waals surface area (Å²) in [6.07, 6.45) is 0. The largest absolute Gasteiger partial charge is 0.495 e. The minimum Gasteiger partial charge on any atom is -0.495 e. The molecule has 0 fully saturated rings. The van der Waals surface area contributed by atoms with Crippen LogP contribution >= 0.6 is 0 Å². The SMILES string of the molecule is COc1ccc(N=[N+]=[N-])cc1S(=O)(=O)N(C)C. The summed E-state index contributed by atoms with van der Waals surface area (Å²) in [7, 11) is 0.560. The Morgan fingerprint density at radius 1 is 1.41 bits per heavy atom. The van der Waals surface area contributed by atoms with Crippen molar-refractivity contribution >= 4 is 15.7 Å². The number of hydrogen-bond donors (Lipinski definition) is 0. The van der Waals surface area contributed by atoms with Crippen LogP contribution in [0.3, 0.4) is 0 Å². The standard InChI is InChI=1S/C9H12N4O3S/c1-13(2)17(14,15)9-6-7(11-12-10)4-5-8(9)16-3/h4-6H,1-3H3. The predicted octanol–water partition coefficient (Wildman–Crippen LogP) is 1.89. The molecule has 0 spiro atoms. The van der Waals surface area contributed by atoms with Crippen LogP contribution in [0.4, 0.5) is 5.69 Å². The lowest BCUT2D eigenvalue weighted by Gasteiger charge is -2.14. The Morgan fingerprint density at radius 2 is 2.06 bits per heavy atom. The molecule has 0 unspecified atom stereocenters. The number of rotatable bonds is 4. The van der Waals surface area contributed by atoms with Crippen LogP contribution in [0.1, 0.15) is 0 Å². The Kier molecular flexibility index (Phi) is 3.95. The highest BCUT2D eigenvalue weighted by Gasteiger charge is 2.22. The Morgan fingerprint density at radius 3 is 2.53 bits per heavy atom. The van der Waals surface area contributed by atoms with Gasteiger partial charge in [0.15, 0.2) is 0 Å². The van der Waals surface area contributed by atoms with Gasteiger partial charge in [0.2, 0.25) is 10.0 Å². The van der Waals surface area contributed by atoms with Gasteiger partial charge in [-0.1, -0.05) is 5.11 Å². The second-order valence-corrected chi connectivity index (χ2v) is 5.43. The Balaban J connectivity index is 3.49. The average molecular weight is 256 g/mol. The molecular weight excluding hydrogens is 244 g/mol. The molecule has 0 aromatic heterocycles. The van der Waals surface area contributed by atoms with E-state index in [1.807, 2.05) is 0 Å². The van der Waals surface area contributed by atoms with Gasteiger partial charge in [-0.3, -0.25) is 0 Å². The van der Waals surface area contributed by atoms with Crippen molar-refractivity contribution in [3.05, 3.63) is 28.6 Å². The van der Waals surface area contributed by atoms with E-state index in [0.717, 1.165) is 4.31 Å². The third-order valence-corrected chi connectivity index (χ3v) is 3.90. The highest BCUT2D eigenvalue weighted by Crippen LogP contribution is 2.29. The first-order chi connectivity index (χ1) is 7.93. The topological polar surface area (TPSA) is 95.4 Å². The molecule has 0 amide bonds. The van der Waals surface area contributed by atoms with Crippen LogP contribution in [0.25, 0.3) is 10.4 Å². The van der Waals surface area contributed by atoms with Crippen LogP contribution < -0.4 is 4.74 Å². The molecule has 17 heavy (non-hydrogen) atoms. The molecule has 7 nitrogen and oxygen atoms in total. The molecular formula is C9H12N4O3S. The maximum absolute atomic E-state index is 12.0. The number of sulfonamides is 1. The quantitative estimate of drug-likeness (QED) is 0.467. The van der Waals surface area contributed by atoms with Crippen LogP contribution in [0, 0.1) is 0 Å². The van der Waals surface area contributed by atoms with E-state index in [-0.39, 0.29) is 16.3 Å². The van der Waals surface area contributed by atoms with Crippen molar-refractivity contribution in [2.24, 2.45) is 5.11 Å². The number of methoxy groups -OCH3 is 1. The van der Waals surface area contributed by atoms with E-state index >= 15 is 0 Å². The molecule has 0 aliphatic carbocycles. The van der Waals surface area contributed by atoms with Crippen LogP contribution in [0.2, 0.25) is 0 Å². The number of benzene rings is 1. The smallest absolute Gasteiger partial charge is 0.246 e. The summed E-state index contributed by atoms with van der Waals surface area (Å²) in [4.78, 5) is 2.57. The summed E-state index contributed by atoms with van der Waals surface area (Å²) in [5.41, 5.74) is 8.53. The second-order valence-electron chi connectivity index (χ2n) is 3.31. The molecule has 0 saturated carbocycles. The van der Waals surface area contributed by atoms with Crippen LogP contribution in [0.15, 0.2) is 28.2 Å². The molecule has 0 atom stereocenters. The van der Waals surface area contributed by atoms with Crippen LogP contribution in [0.5, 0.6) is 5.75 Å². The molecule has 1 aromatic carbocycles. The third-order valence-electron chi connectivity index (χ3n) is 2.07. The first-order valence-electron chi connectivity index (χ1n) is 4.59. The van der Waals surface area contributed by atoms with E-state index in [4.69, 9.17) is 10.3 Å². The molecule has 0 N–H and O–H groups in total. The van der Waals surface area contributed by atoms with Gasteiger partial charge in [-0.05, 0) is 23.7 Å². The maximum atomic E-state index is 12.0. The van der Waals surface area contributed by atoms with Crippen molar-refractivity contribution in [2.75, 3.05) is 21.2 Å². The summed E-state index contributed by atoms with van der Waals surface area (Å²) >= 11 is 0. The van der Waals surface area contributed by atoms with E-state index in [2.05, 4.69) is 10.0 Å². The molecule has 0 aliphatic heterocycles. The van der Waals surface area contributed by atoms with Crippen molar-refractivity contribution in [1.82, 2.24) is 4.31 Å². The number of nitrogens with zero attached hydrogens (tertiary/aromatic N) is 4. The Bertz CT molecular complexity index is 562. The van der Waals surface area contributed by atoms with Gasteiger partial charge in [0.25, 0.3) is 0 Å². The zero-order valence-corrected chi connectivity index (χ0v) is 10.5. The monoisotopic (exact) mass is 256 g/mol. The van der Waals surface area contributed by atoms with Gasteiger partial charge >= 0.3 is 0 Å². The third kappa shape index (κ3) is 2.68. The highest BCUT2D eigenvalue weighted by atomic mass is 32.2. The lowest BCUT2D eigenvalue weighted by atomic mass is 10.3. The Labute approximate surface area is 99.3 Å². The first kappa shape index (κ1) is 13.3. The molecule has 1 aromatic rings. The molecule has 0 radical (unpaired) electrons. The molecule has 0 saturated heterocycles. The van der Waals surface area contributed by atoms with Crippen molar-refractivity contribution in [3.63, 3.8) is 0 Å². The van der Waals surface area contributed by atoms with E-state index in [0.29, 0.717) is 0 Å². The fourth-order valence-corrected chi connectivity index (χ4v) is 2.25. The lowest BCUT2D eigenvalue weighted by molar-refractivity contribution is 0.400. The normalized spacial score (nSPS) is 11.1. The van der Waals surface area contributed by atoms with Gasteiger partial charge in [-0.15, -0.1) is 0 Å². The van der Waals surface area contributed by atoms with Gasteiger partial charge in [-0.2, -0.15) is 0 Å². The van der Waals surface area contributed by atoms with Gasteiger partial charge < -0.3 is 4.74 Å². The summed E-state index contributed by atoms with van der Waals surface area (Å²) in [5.74, 6) is 0.204. The zero-order valence-electron chi connectivity index (χ0n) is 9.65. The zero-order chi connectivity index (χ0) is 13.1. The van der Waals surface area contributed by atoms with E-state index < -0.39 is 10.0 Å². The molecule has 0 aliphatic rings. The van der Waals surface area contributed by atoms with Crippen LogP contribution in [-0.4, -0.2) is 33.9 Å². The minimum atomic E-state index is -3.64. The van der Waals surface area contributed by atoms with E-state index in [1.165, 1.54) is 39.4 Å². The van der Waals surface area contributed by atoms with Gasteiger partial charge in [0.1, 0.15) is 10.6 Å². The first-order valence-corrected chi connectivity index (χ1v) is 6.03. The van der Waals surface area contributed by atoms with Gasteiger partial charge in [0, 0.05) is 24.7 Å². The average Bonchev–Trinajstić information content (AvgIpc) is 2.29. The number of ether oxygens (including phenoxy) is 1. The summed E-state index contributed by atoms with van der Waals surface area (Å²) in [6, 6.07) is 4.20. The predicted molar refractivity (Wildman–Crippen MR) is 62.7 cm³/mol. The number of hydrogen-bond acceptors (Lipinski definition) is 4. The molecule has 0 bridgehead atoms. The van der Waals surface area contributed by atoms with E-state index in [9.17, 15) is 8.42 Å². The minimum absolute atomic E-state index is 0.0325. The molecule has 92 valence electrons. The molecule has 8 heteroatoms. The lowest BCUT2D eigenvalue weighted by Crippen LogP contribution is -2.22. The van der Waals surface area contributed by atoms with Gasteiger partial charge in [0.05, 0.1) is 7.11 Å². The summed E-state index contributed by atoms with van der Waals surface area (Å²) in [6.45, 7) is 0. The molecule has 0 heterocycles. The molecule has 1 rings (SSSR count). The van der Waals surface area contributed by atoms with Crippen molar-refractivity contribution in [2.45, 2.75) is 4.90 Å². The maximum Gasteiger partial charge on any atom is 0.246 e. The Hall–Kier alpha value is -1.76. The van der Waals surface area contributed by atoms with Crippen LogP contribution in [-0.2, 0) is 10.0 Å². The van der Waals surface area contributed by atoms with Crippen molar-refractivity contribution in [3.8, 4) is 5.75 Å².